The summed E-state index contributed by atoms with van der Waals surface area (Å²) in [5.74, 6) is 0.115. The summed E-state index contributed by atoms with van der Waals surface area (Å²) in [5.41, 5.74) is 10.6. The van der Waals surface area contributed by atoms with Gasteiger partial charge in [0.05, 0.1) is 19.2 Å². The largest absolute Gasteiger partial charge is 0.496 e. The summed E-state index contributed by atoms with van der Waals surface area (Å²) in [6, 6.07) is 10.4. The van der Waals surface area contributed by atoms with Crippen molar-refractivity contribution in [2.75, 3.05) is 7.11 Å². The van der Waals surface area contributed by atoms with Gasteiger partial charge in [-0.25, -0.2) is 4.39 Å². The first-order valence-electron chi connectivity index (χ1n) is 7.17. The topological polar surface area (TPSA) is 76.5 Å². The van der Waals surface area contributed by atoms with Gasteiger partial charge < -0.3 is 14.2 Å². The Hall–Kier alpha value is -3.18. The molecule has 0 radical (unpaired) electrons. The molecule has 0 unspecified atom stereocenters. The van der Waals surface area contributed by atoms with Crippen LogP contribution in [0.1, 0.15) is 17.4 Å². The highest BCUT2D eigenvalue weighted by Crippen LogP contribution is 2.36. The molecule has 0 bridgehead atoms. The molecule has 7 heteroatoms. The standard InChI is InChI=1S/C17H14FN3O3/c1-22-15-5-3-2-4-13(15)11-8-12(10-20-21-19)16(14(18)9-11)17-23-6-7-24-17/h2-9,17H,10H2,1H3. The highest BCUT2D eigenvalue weighted by atomic mass is 19.1. The molecular formula is C17H14FN3O3. The van der Waals surface area contributed by atoms with E-state index in [1.807, 2.05) is 18.2 Å². The molecule has 0 atom stereocenters. The Bertz CT molecular complexity index is 824. The molecule has 2 aromatic carbocycles. The van der Waals surface area contributed by atoms with Crippen LogP contribution < -0.4 is 4.74 Å². The monoisotopic (exact) mass is 327 g/mol. The Morgan fingerprint density at radius 2 is 2.00 bits per heavy atom. The molecule has 2 aromatic rings. The molecule has 0 amide bonds. The van der Waals surface area contributed by atoms with Crippen LogP contribution in [0, 0.1) is 5.82 Å². The van der Waals surface area contributed by atoms with E-state index in [2.05, 4.69) is 10.0 Å². The van der Waals surface area contributed by atoms with Crippen molar-refractivity contribution in [1.29, 1.82) is 0 Å². The summed E-state index contributed by atoms with van der Waals surface area (Å²) in [7, 11) is 1.55. The molecule has 0 aliphatic carbocycles. The van der Waals surface area contributed by atoms with Gasteiger partial charge in [-0.1, -0.05) is 29.4 Å². The molecule has 0 fully saturated rings. The Balaban J connectivity index is 2.12. The van der Waals surface area contributed by atoms with Crippen molar-refractivity contribution in [3.05, 3.63) is 76.3 Å². The lowest BCUT2D eigenvalue weighted by Crippen LogP contribution is -2.06. The highest BCUT2D eigenvalue weighted by molar-refractivity contribution is 5.71. The van der Waals surface area contributed by atoms with Crippen molar-refractivity contribution >= 4 is 0 Å². The molecule has 1 aliphatic heterocycles. The van der Waals surface area contributed by atoms with Crippen LogP contribution in [-0.4, -0.2) is 7.11 Å². The van der Waals surface area contributed by atoms with Gasteiger partial charge in [-0.15, -0.1) is 0 Å². The quantitative estimate of drug-likeness (QED) is 0.448. The minimum Gasteiger partial charge on any atom is -0.496 e. The fourth-order valence-corrected chi connectivity index (χ4v) is 2.59. The van der Waals surface area contributed by atoms with Gasteiger partial charge in [-0.2, -0.15) is 0 Å². The van der Waals surface area contributed by atoms with E-state index < -0.39 is 12.1 Å². The summed E-state index contributed by atoms with van der Waals surface area (Å²) < 4.78 is 30.5. The van der Waals surface area contributed by atoms with Crippen molar-refractivity contribution < 1.29 is 18.6 Å². The number of rotatable bonds is 5. The van der Waals surface area contributed by atoms with Gasteiger partial charge in [-0.3, -0.25) is 0 Å². The zero-order valence-electron chi connectivity index (χ0n) is 12.8. The van der Waals surface area contributed by atoms with Gasteiger partial charge in [0, 0.05) is 10.5 Å². The SMILES string of the molecule is COc1ccccc1-c1cc(F)c(C2OC=CO2)c(CN=[N+]=[N-])c1. The van der Waals surface area contributed by atoms with Crippen LogP contribution in [0.5, 0.6) is 5.75 Å². The fourth-order valence-electron chi connectivity index (χ4n) is 2.59. The van der Waals surface area contributed by atoms with Gasteiger partial charge in [0.1, 0.15) is 24.1 Å². The highest BCUT2D eigenvalue weighted by Gasteiger charge is 2.25. The van der Waals surface area contributed by atoms with Gasteiger partial charge in [0.15, 0.2) is 0 Å². The van der Waals surface area contributed by atoms with Crippen molar-refractivity contribution in [3.63, 3.8) is 0 Å². The molecule has 1 heterocycles. The number of ether oxygens (including phenoxy) is 3. The average Bonchev–Trinajstić information content (AvgIpc) is 3.13. The van der Waals surface area contributed by atoms with E-state index in [1.54, 1.807) is 19.2 Å². The molecular weight excluding hydrogens is 313 g/mol. The maximum absolute atomic E-state index is 14.7. The molecule has 0 N–H and O–H groups in total. The maximum Gasteiger partial charge on any atom is 0.269 e. The Kier molecular flexibility index (Phi) is 4.54. The van der Waals surface area contributed by atoms with E-state index >= 15 is 0 Å². The Morgan fingerprint density at radius 3 is 2.71 bits per heavy atom. The summed E-state index contributed by atoms with van der Waals surface area (Å²) in [6.07, 6.45) is 1.80. The molecule has 0 saturated heterocycles. The van der Waals surface area contributed by atoms with Crippen LogP contribution in [0.25, 0.3) is 21.6 Å². The Morgan fingerprint density at radius 1 is 1.25 bits per heavy atom. The number of azide groups is 1. The second-order valence-corrected chi connectivity index (χ2v) is 5.00. The lowest BCUT2D eigenvalue weighted by atomic mass is 9.97. The summed E-state index contributed by atoms with van der Waals surface area (Å²) in [4.78, 5) is 2.75. The second kappa shape index (κ2) is 6.93. The number of halogens is 1. The van der Waals surface area contributed by atoms with Crippen molar-refractivity contribution in [3.8, 4) is 16.9 Å². The number of methoxy groups -OCH3 is 1. The first kappa shape index (κ1) is 15.7. The van der Waals surface area contributed by atoms with E-state index in [4.69, 9.17) is 19.7 Å². The van der Waals surface area contributed by atoms with E-state index in [0.29, 0.717) is 16.9 Å². The molecule has 6 nitrogen and oxygen atoms in total. The first-order chi connectivity index (χ1) is 11.7. The van der Waals surface area contributed by atoms with Crippen LogP contribution >= 0.6 is 0 Å². The first-order valence-corrected chi connectivity index (χ1v) is 7.17. The normalized spacial score (nSPS) is 13.1. The van der Waals surface area contributed by atoms with Gasteiger partial charge in [0.25, 0.3) is 6.29 Å². The maximum atomic E-state index is 14.7. The minimum atomic E-state index is -0.888. The second-order valence-electron chi connectivity index (χ2n) is 5.00. The molecule has 24 heavy (non-hydrogen) atoms. The van der Waals surface area contributed by atoms with E-state index in [0.717, 1.165) is 5.56 Å². The minimum absolute atomic E-state index is 0.0189. The van der Waals surface area contributed by atoms with Gasteiger partial charge >= 0.3 is 0 Å². The predicted octanol–water partition coefficient (Wildman–Crippen LogP) is 4.83. The third kappa shape index (κ3) is 2.98. The average molecular weight is 327 g/mol. The van der Waals surface area contributed by atoms with Crippen LogP contribution in [0.3, 0.4) is 0 Å². The molecule has 3 rings (SSSR count). The molecule has 1 aliphatic rings. The van der Waals surface area contributed by atoms with Crippen LogP contribution in [0.15, 0.2) is 54.0 Å². The molecule has 0 saturated carbocycles. The van der Waals surface area contributed by atoms with Gasteiger partial charge in [0.2, 0.25) is 0 Å². The number of nitrogens with zero attached hydrogens (tertiary/aromatic N) is 3. The molecule has 0 aromatic heterocycles. The Labute approximate surface area is 137 Å². The summed E-state index contributed by atoms with van der Waals surface area (Å²) in [5, 5.41) is 3.54. The fraction of sp³-hybridized carbons (Fsp3) is 0.176. The predicted molar refractivity (Wildman–Crippen MR) is 85.3 cm³/mol. The summed E-state index contributed by atoms with van der Waals surface area (Å²) >= 11 is 0. The van der Waals surface area contributed by atoms with Crippen LogP contribution in [0.4, 0.5) is 4.39 Å². The molecule has 122 valence electrons. The van der Waals surface area contributed by atoms with E-state index in [1.165, 1.54) is 18.6 Å². The van der Waals surface area contributed by atoms with Gasteiger partial charge in [-0.05, 0) is 28.8 Å². The molecule has 0 spiro atoms. The van der Waals surface area contributed by atoms with Crippen molar-refractivity contribution in [1.82, 2.24) is 0 Å². The zero-order valence-corrected chi connectivity index (χ0v) is 12.8. The number of hydrogen-bond donors (Lipinski definition) is 0. The lowest BCUT2D eigenvalue weighted by Gasteiger charge is -2.17. The third-order valence-corrected chi connectivity index (χ3v) is 3.63. The number of para-hydroxylation sites is 1. The van der Waals surface area contributed by atoms with Crippen LogP contribution in [0.2, 0.25) is 0 Å². The number of hydrogen-bond acceptors (Lipinski definition) is 4. The lowest BCUT2D eigenvalue weighted by molar-refractivity contribution is -0.0277. The zero-order chi connectivity index (χ0) is 16.9. The van der Waals surface area contributed by atoms with Crippen molar-refractivity contribution in [2.24, 2.45) is 5.11 Å². The number of benzene rings is 2. The summed E-state index contributed by atoms with van der Waals surface area (Å²) in [6.45, 7) is -0.0189. The van der Waals surface area contributed by atoms with Crippen molar-refractivity contribution in [2.45, 2.75) is 12.8 Å². The van der Waals surface area contributed by atoms with E-state index in [-0.39, 0.29) is 12.1 Å². The van der Waals surface area contributed by atoms with E-state index in [9.17, 15) is 4.39 Å². The smallest absolute Gasteiger partial charge is 0.269 e. The van der Waals surface area contributed by atoms with Crippen LogP contribution in [-0.2, 0) is 16.0 Å². The third-order valence-electron chi connectivity index (χ3n) is 3.63.